The Kier molecular flexibility index (Phi) is 4.29. The van der Waals surface area contributed by atoms with Crippen molar-refractivity contribution in [2.24, 2.45) is 5.92 Å². The van der Waals surface area contributed by atoms with Crippen LogP contribution in [0.4, 0.5) is 16.2 Å². The summed E-state index contributed by atoms with van der Waals surface area (Å²) in [5, 5.41) is 12.2. The van der Waals surface area contributed by atoms with Crippen LogP contribution < -0.4 is 10.2 Å². The Balaban J connectivity index is 1.68. The van der Waals surface area contributed by atoms with E-state index in [1.54, 1.807) is 4.90 Å². The van der Waals surface area contributed by atoms with Gasteiger partial charge in [0.1, 0.15) is 0 Å². The molecule has 2 N–H and O–H groups in total. The summed E-state index contributed by atoms with van der Waals surface area (Å²) >= 11 is 0. The van der Waals surface area contributed by atoms with Crippen molar-refractivity contribution in [3.05, 3.63) is 24.3 Å². The fourth-order valence-electron chi connectivity index (χ4n) is 3.17. The van der Waals surface area contributed by atoms with Crippen LogP contribution in [0.3, 0.4) is 0 Å². The third-order valence-corrected chi connectivity index (χ3v) is 4.42. The Morgan fingerprint density at radius 1 is 1.24 bits per heavy atom. The molecule has 1 aromatic carbocycles. The van der Waals surface area contributed by atoms with Crippen LogP contribution in [-0.2, 0) is 0 Å². The molecule has 2 aliphatic rings. The van der Waals surface area contributed by atoms with Gasteiger partial charge in [-0.1, -0.05) is 12.1 Å². The van der Waals surface area contributed by atoms with Crippen molar-refractivity contribution in [2.75, 3.05) is 43.0 Å². The number of likely N-dealkylation sites (tertiary alicyclic amines) is 1. The molecule has 0 bridgehead atoms. The number of aliphatic hydroxyl groups excluding tert-OH is 1. The predicted molar refractivity (Wildman–Crippen MR) is 83.7 cm³/mol. The lowest BCUT2D eigenvalue weighted by Crippen LogP contribution is -2.34. The van der Waals surface area contributed by atoms with Crippen LogP contribution in [0.5, 0.6) is 0 Å². The molecule has 0 spiro atoms. The Hall–Kier alpha value is -1.75. The van der Waals surface area contributed by atoms with Crippen molar-refractivity contribution in [3.63, 3.8) is 0 Å². The van der Waals surface area contributed by atoms with E-state index in [4.69, 9.17) is 0 Å². The van der Waals surface area contributed by atoms with Gasteiger partial charge in [0.2, 0.25) is 0 Å². The van der Waals surface area contributed by atoms with Crippen molar-refractivity contribution in [2.45, 2.75) is 19.3 Å². The highest BCUT2D eigenvalue weighted by atomic mass is 16.3. The van der Waals surface area contributed by atoms with E-state index >= 15 is 0 Å². The Labute approximate surface area is 125 Å². The van der Waals surface area contributed by atoms with E-state index in [1.165, 1.54) is 12.8 Å². The number of amides is 2. The van der Waals surface area contributed by atoms with Crippen molar-refractivity contribution < 1.29 is 9.90 Å². The molecule has 1 atom stereocenters. The van der Waals surface area contributed by atoms with Crippen molar-refractivity contribution >= 4 is 17.4 Å². The Bertz CT molecular complexity index is 500. The summed E-state index contributed by atoms with van der Waals surface area (Å²) in [5.74, 6) is 0.226. The number of aliphatic hydroxyl groups is 1. The van der Waals surface area contributed by atoms with Gasteiger partial charge in [0.05, 0.1) is 11.4 Å². The first-order valence-corrected chi connectivity index (χ1v) is 7.78. The van der Waals surface area contributed by atoms with Crippen molar-refractivity contribution in [3.8, 4) is 0 Å². The van der Waals surface area contributed by atoms with Gasteiger partial charge < -0.3 is 20.2 Å². The van der Waals surface area contributed by atoms with E-state index < -0.39 is 0 Å². The van der Waals surface area contributed by atoms with Crippen LogP contribution in [0, 0.1) is 5.92 Å². The minimum Gasteiger partial charge on any atom is -0.396 e. The first kappa shape index (κ1) is 14.2. The molecule has 0 aromatic heterocycles. The molecule has 21 heavy (non-hydrogen) atoms. The minimum absolute atomic E-state index is 0.0578. The van der Waals surface area contributed by atoms with E-state index in [0.717, 1.165) is 37.4 Å². The van der Waals surface area contributed by atoms with Gasteiger partial charge in [-0.15, -0.1) is 0 Å². The van der Waals surface area contributed by atoms with E-state index in [1.807, 2.05) is 18.2 Å². The van der Waals surface area contributed by atoms with E-state index in [2.05, 4.69) is 16.3 Å². The molecule has 3 rings (SSSR count). The molecule has 114 valence electrons. The highest BCUT2D eigenvalue weighted by Gasteiger charge is 2.26. The zero-order valence-corrected chi connectivity index (χ0v) is 12.3. The SMILES string of the molecule is O=C(Nc1ccccc1N1CCCC1)N1CCC(CO)C1. The maximum atomic E-state index is 12.4. The van der Waals surface area contributed by atoms with Crippen LogP contribution in [-0.4, -0.2) is 48.8 Å². The number of hydrogen-bond acceptors (Lipinski definition) is 3. The maximum Gasteiger partial charge on any atom is 0.321 e. The van der Waals surface area contributed by atoms with Gasteiger partial charge in [-0.05, 0) is 31.4 Å². The monoisotopic (exact) mass is 289 g/mol. The number of para-hydroxylation sites is 2. The topological polar surface area (TPSA) is 55.8 Å². The lowest BCUT2D eigenvalue weighted by molar-refractivity contribution is 0.209. The molecule has 1 unspecified atom stereocenters. The lowest BCUT2D eigenvalue weighted by atomic mass is 10.1. The molecule has 2 heterocycles. The van der Waals surface area contributed by atoms with E-state index in [0.29, 0.717) is 6.54 Å². The second-order valence-corrected chi connectivity index (χ2v) is 5.92. The third-order valence-electron chi connectivity index (χ3n) is 4.42. The molecule has 0 saturated carbocycles. The van der Waals surface area contributed by atoms with Crippen molar-refractivity contribution in [1.29, 1.82) is 0 Å². The smallest absolute Gasteiger partial charge is 0.321 e. The number of nitrogens with one attached hydrogen (secondary N) is 1. The normalized spacial score (nSPS) is 21.9. The molecule has 5 nitrogen and oxygen atoms in total. The molecule has 2 aliphatic heterocycles. The fraction of sp³-hybridized carbons (Fsp3) is 0.562. The van der Waals surface area contributed by atoms with Gasteiger partial charge in [0, 0.05) is 38.7 Å². The number of nitrogens with zero attached hydrogens (tertiary/aromatic N) is 2. The molecule has 5 heteroatoms. The molecule has 0 radical (unpaired) electrons. The van der Waals surface area contributed by atoms with Gasteiger partial charge >= 0.3 is 6.03 Å². The van der Waals surface area contributed by atoms with Gasteiger partial charge in [0.15, 0.2) is 0 Å². The summed E-state index contributed by atoms with van der Waals surface area (Å²) in [6.45, 7) is 3.65. The first-order valence-electron chi connectivity index (χ1n) is 7.78. The first-order chi connectivity index (χ1) is 10.3. The quantitative estimate of drug-likeness (QED) is 0.896. The summed E-state index contributed by atoms with van der Waals surface area (Å²) in [6.07, 6.45) is 3.32. The van der Waals surface area contributed by atoms with Crippen LogP contribution in [0.1, 0.15) is 19.3 Å². The molecule has 2 amide bonds. The number of urea groups is 1. The number of anilines is 2. The fourth-order valence-corrected chi connectivity index (χ4v) is 3.17. The second-order valence-electron chi connectivity index (χ2n) is 5.92. The summed E-state index contributed by atoms with van der Waals surface area (Å²) < 4.78 is 0. The Morgan fingerprint density at radius 2 is 2.00 bits per heavy atom. The zero-order valence-electron chi connectivity index (χ0n) is 12.3. The summed E-state index contributed by atoms with van der Waals surface area (Å²) in [5.41, 5.74) is 2.00. The molecular formula is C16H23N3O2. The van der Waals surface area contributed by atoms with Gasteiger partial charge in [0.25, 0.3) is 0 Å². The lowest BCUT2D eigenvalue weighted by Gasteiger charge is -2.23. The largest absolute Gasteiger partial charge is 0.396 e. The standard InChI is InChI=1S/C16H23N3O2/c20-12-13-7-10-19(11-13)16(21)17-14-5-1-2-6-15(14)18-8-3-4-9-18/h1-2,5-6,13,20H,3-4,7-12H2,(H,17,21). The number of carbonyl (C=O) groups is 1. The Morgan fingerprint density at radius 3 is 2.71 bits per heavy atom. The summed E-state index contributed by atoms with van der Waals surface area (Å²) in [4.78, 5) is 16.5. The van der Waals surface area contributed by atoms with Crippen LogP contribution in [0.25, 0.3) is 0 Å². The molecule has 2 fully saturated rings. The minimum atomic E-state index is -0.0578. The van der Waals surface area contributed by atoms with Crippen LogP contribution >= 0.6 is 0 Å². The predicted octanol–water partition coefficient (Wildman–Crippen LogP) is 2.13. The van der Waals surface area contributed by atoms with Gasteiger partial charge in [-0.2, -0.15) is 0 Å². The average Bonchev–Trinajstić information content (AvgIpc) is 3.19. The van der Waals surface area contributed by atoms with Gasteiger partial charge in [-0.25, -0.2) is 4.79 Å². The van der Waals surface area contributed by atoms with Crippen molar-refractivity contribution in [1.82, 2.24) is 4.90 Å². The number of rotatable bonds is 3. The van der Waals surface area contributed by atoms with E-state index in [9.17, 15) is 9.90 Å². The van der Waals surface area contributed by atoms with E-state index in [-0.39, 0.29) is 18.6 Å². The third kappa shape index (κ3) is 3.13. The molecular weight excluding hydrogens is 266 g/mol. The summed E-state index contributed by atoms with van der Waals surface area (Å²) in [6, 6.07) is 7.95. The highest BCUT2D eigenvalue weighted by molar-refractivity contribution is 5.93. The molecule has 1 aromatic rings. The maximum absolute atomic E-state index is 12.4. The number of hydrogen-bond donors (Lipinski definition) is 2. The second kappa shape index (κ2) is 6.35. The highest BCUT2D eigenvalue weighted by Crippen LogP contribution is 2.29. The average molecular weight is 289 g/mol. The van der Waals surface area contributed by atoms with Crippen LogP contribution in [0.15, 0.2) is 24.3 Å². The van der Waals surface area contributed by atoms with Gasteiger partial charge in [-0.3, -0.25) is 0 Å². The van der Waals surface area contributed by atoms with Crippen LogP contribution in [0.2, 0.25) is 0 Å². The molecule has 0 aliphatic carbocycles. The molecule has 2 saturated heterocycles. The summed E-state index contributed by atoms with van der Waals surface area (Å²) in [7, 11) is 0. The number of benzene rings is 1. The zero-order chi connectivity index (χ0) is 14.7. The number of carbonyl (C=O) groups excluding carboxylic acids is 1.